The zero-order chi connectivity index (χ0) is 16.3. The van der Waals surface area contributed by atoms with Crippen molar-refractivity contribution in [3.63, 3.8) is 0 Å². The summed E-state index contributed by atoms with van der Waals surface area (Å²) in [6.45, 7) is 3.45. The molecule has 6 heteroatoms. The van der Waals surface area contributed by atoms with Gasteiger partial charge in [0.25, 0.3) is 0 Å². The third kappa shape index (κ3) is 4.02. The van der Waals surface area contributed by atoms with Gasteiger partial charge in [0.1, 0.15) is 0 Å². The summed E-state index contributed by atoms with van der Waals surface area (Å²) in [6.07, 6.45) is 5.45. The highest BCUT2D eigenvalue weighted by Gasteiger charge is 2.49. The number of carbonyl (C=O) groups excluding carboxylic acids is 2. The van der Waals surface area contributed by atoms with Gasteiger partial charge in [-0.2, -0.15) is 11.8 Å². The van der Waals surface area contributed by atoms with E-state index in [-0.39, 0.29) is 17.2 Å². The number of nitrogens with zero attached hydrogens (tertiary/aromatic N) is 2. The quantitative estimate of drug-likeness (QED) is 0.707. The van der Waals surface area contributed by atoms with Crippen molar-refractivity contribution in [2.45, 2.75) is 32.1 Å². The van der Waals surface area contributed by atoms with E-state index in [9.17, 15) is 9.59 Å². The number of piperidine rings is 1. The molecule has 0 N–H and O–H groups in total. The second-order valence-corrected chi connectivity index (χ2v) is 8.22. The van der Waals surface area contributed by atoms with E-state index < -0.39 is 0 Å². The molecule has 1 unspecified atom stereocenters. The molecule has 0 aromatic carbocycles. The minimum absolute atomic E-state index is 0.217. The molecule has 3 rings (SSSR count). The van der Waals surface area contributed by atoms with Crippen molar-refractivity contribution in [2.24, 2.45) is 11.3 Å². The summed E-state index contributed by atoms with van der Waals surface area (Å²) in [5.74, 6) is 3.01. The summed E-state index contributed by atoms with van der Waals surface area (Å²) in [5.41, 5.74) is -0.317. The zero-order valence-corrected chi connectivity index (χ0v) is 14.9. The summed E-state index contributed by atoms with van der Waals surface area (Å²) in [6, 6.07) is 0. The number of amides is 2. The van der Waals surface area contributed by atoms with Gasteiger partial charge in [0.05, 0.1) is 17.8 Å². The lowest BCUT2D eigenvalue weighted by Crippen LogP contribution is -2.51. The normalized spacial score (nSPS) is 28.0. The van der Waals surface area contributed by atoms with E-state index in [4.69, 9.17) is 4.74 Å². The number of hydrogen-bond donors (Lipinski definition) is 0. The lowest BCUT2D eigenvalue weighted by Gasteiger charge is -2.39. The summed E-state index contributed by atoms with van der Waals surface area (Å²) in [4.78, 5) is 29.1. The minimum atomic E-state index is -0.317. The van der Waals surface area contributed by atoms with E-state index in [0.29, 0.717) is 25.4 Å². The largest absolute Gasteiger partial charge is 0.383 e. The maximum Gasteiger partial charge on any atom is 0.232 e. The Bertz CT molecular complexity index is 455. The molecule has 1 aliphatic carbocycles. The fraction of sp³-hybridized carbons (Fsp3) is 0.882. The monoisotopic (exact) mass is 340 g/mol. The first-order valence-corrected chi connectivity index (χ1v) is 9.94. The number of hydrogen-bond acceptors (Lipinski definition) is 4. The molecule has 0 aromatic heterocycles. The van der Waals surface area contributed by atoms with Crippen LogP contribution < -0.4 is 0 Å². The SMILES string of the molecule is COCCN1CCCC2(CCN(C(=O)CSCC3CC3)C2)C1=O. The molecule has 130 valence electrons. The molecule has 1 atom stereocenters. The van der Waals surface area contributed by atoms with Crippen LogP contribution in [0.2, 0.25) is 0 Å². The Hall–Kier alpha value is -0.750. The van der Waals surface area contributed by atoms with Crippen molar-refractivity contribution in [3.8, 4) is 0 Å². The number of rotatable bonds is 7. The van der Waals surface area contributed by atoms with Crippen LogP contribution in [0.1, 0.15) is 32.1 Å². The van der Waals surface area contributed by atoms with E-state index in [1.54, 1.807) is 18.9 Å². The van der Waals surface area contributed by atoms with Crippen molar-refractivity contribution < 1.29 is 14.3 Å². The topological polar surface area (TPSA) is 49.9 Å². The van der Waals surface area contributed by atoms with E-state index in [1.165, 1.54) is 12.8 Å². The molecule has 1 saturated carbocycles. The van der Waals surface area contributed by atoms with Crippen LogP contribution in [0.25, 0.3) is 0 Å². The molecule has 1 spiro atoms. The van der Waals surface area contributed by atoms with Gasteiger partial charge in [-0.1, -0.05) is 0 Å². The number of methoxy groups -OCH3 is 1. The summed E-state index contributed by atoms with van der Waals surface area (Å²) in [7, 11) is 1.67. The molecule has 23 heavy (non-hydrogen) atoms. The van der Waals surface area contributed by atoms with Gasteiger partial charge in [-0.05, 0) is 43.8 Å². The third-order valence-corrected chi connectivity index (χ3v) is 6.53. The molecule has 5 nitrogen and oxygen atoms in total. The average Bonchev–Trinajstić information content (AvgIpc) is 3.27. The number of ether oxygens (including phenoxy) is 1. The first kappa shape index (κ1) is 17.1. The molecule has 2 saturated heterocycles. The highest BCUT2D eigenvalue weighted by molar-refractivity contribution is 7.99. The van der Waals surface area contributed by atoms with Gasteiger partial charge in [-0.25, -0.2) is 0 Å². The van der Waals surface area contributed by atoms with Crippen molar-refractivity contribution in [1.82, 2.24) is 9.80 Å². The Kier molecular flexibility index (Phi) is 5.52. The highest BCUT2D eigenvalue weighted by atomic mass is 32.2. The lowest BCUT2D eigenvalue weighted by molar-refractivity contribution is -0.146. The maximum atomic E-state index is 12.9. The standard InChI is InChI=1S/C17H28N2O3S/c1-22-10-9-18-7-2-5-17(16(18)21)6-8-19(13-17)15(20)12-23-11-14-3-4-14/h14H,2-13H2,1H3. The van der Waals surface area contributed by atoms with Crippen LogP contribution in [-0.4, -0.2) is 73.0 Å². The minimum Gasteiger partial charge on any atom is -0.383 e. The van der Waals surface area contributed by atoms with Crippen LogP contribution in [0.15, 0.2) is 0 Å². The molecule has 3 fully saturated rings. The first-order chi connectivity index (χ1) is 11.1. The molecule has 3 aliphatic rings. The molecule has 2 aliphatic heterocycles. The fourth-order valence-electron chi connectivity index (χ4n) is 3.72. The smallest absolute Gasteiger partial charge is 0.232 e. The second kappa shape index (κ2) is 7.43. The Labute approximate surface area is 143 Å². The summed E-state index contributed by atoms with van der Waals surface area (Å²) < 4.78 is 5.11. The average molecular weight is 340 g/mol. The van der Waals surface area contributed by atoms with E-state index >= 15 is 0 Å². The Morgan fingerprint density at radius 2 is 2.17 bits per heavy atom. The molecular weight excluding hydrogens is 312 g/mol. The van der Waals surface area contributed by atoms with Crippen LogP contribution in [0.4, 0.5) is 0 Å². The van der Waals surface area contributed by atoms with E-state index in [2.05, 4.69) is 0 Å². The predicted octanol–water partition coefficient (Wildman–Crippen LogP) is 1.62. The lowest BCUT2D eigenvalue weighted by atomic mass is 9.78. The van der Waals surface area contributed by atoms with Crippen LogP contribution in [0.3, 0.4) is 0 Å². The van der Waals surface area contributed by atoms with Gasteiger partial charge in [0.15, 0.2) is 0 Å². The second-order valence-electron chi connectivity index (χ2n) is 7.19. The molecule has 0 bridgehead atoms. The number of carbonyl (C=O) groups is 2. The van der Waals surface area contributed by atoms with Crippen molar-refractivity contribution in [3.05, 3.63) is 0 Å². The predicted molar refractivity (Wildman–Crippen MR) is 91.4 cm³/mol. The summed E-state index contributed by atoms with van der Waals surface area (Å²) >= 11 is 1.76. The number of thioether (sulfide) groups is 1. The maximum absolute atomic E-state index is 12.9. The summed E-state index contributed by atoms with van der Waals surface area (Å²) in [5, 5.41) is 0. The van der Waals surface area contributed by atoms with E-state index in [0.717, 1.165) is 44.0 Å². The van der Waals surface area contributed by atoms with Crippen molar-refractivity contribution in [1.29, 1.82) is 0 Å². The van der Waals surface area contributed by atoms with Gasteiger partial charge in [-0.3, -0.25) is 9.59 Å². The van der Waals surface area contributed by atoms with Crippen molar-refractivity contribution >= 4 is 23.6 Å². The van der Waals surface area contributed by atoms with Gasteiger partial charge in [-0.15, -0.1) is 0 Å². The molecule has 2 heterocycles. The zero-order valence-electron chi connectivity index (χ0n) is 14.1. The van der Waals surface area contributed by atoms with Crippen LogP contribution in [-0.2, 0) is 14.3 Å². The first-order valence-electron chi connectivity index (χ1n) is 8.78. The van der Waals surface area contributed by atoms with Gasteiger partial charge in [0.2, 0.25) is 11.8 Å². The molecular formula is C17H28N2O3S. The molecule has 0 radical (unpaired) electrons. The van der Waals surface area contributed by atoms with E-state index in [1.807, 2.05) is 9.80 Å². The van der Waals surface area contributed by atoms with Gasteiger partial charge in [0, 0.05) is 33.3 Å². The van der Waals surface area contributed by atoms with Gasteiger partial charge < -0.3 is 14.5 Å². The van der Waals surface area contributed by atoms with Crippen molar-refractivity contribution in [2.75, 3.05) is 51.4 Å². The third-order valence-electron chi connectivity index (χ3n) is 5.37. The van der Waals surface area contributed by atoms with Crippen LogP contribution >= 0.6 is 11.8 Å². The molecule has 0 aromatic rings. The highest BCUT2D eigenvalue weighted by Crippen LogP contribution is 2.40. The fourth-order valence-corrected chi connectivity index (χ4v) is 4.86. The Morgan fingerprint density at radius 3 is 2.91 bits per heavy atom. The molecule has 2 amide bonds. The van der Waals surface area contributed by atoms with Crippen LogP contribution in [0.5, 0.6) is 0 Å². The van der Waals surface area contributed by atoms with Gasteiger partial charge >= 0.3 is 0 Å². The number of likely N-dealkylation sites (tertiary alicyclic amines) is 2. The Morgan fingerprint density at radius 1 is 1.35 bits per heavy atom. The Balaban J connectivity index is 1.51. The van der Waals surface area contributed by atoms with Crippen LogP contribution in [0, 0.1) is 11.3 Å².